The minimum Gasteiger partial charge on any atom is -0.293 e. The molecule has 17 heavy (non-hydrogen) atoms. The Bertz CT molecular complexity index is 366. The van der Waals surface area contributed by atoms with Crippen molar-refractivity contribution < 1.29 is 4.79 Å². The molecule has 0 aromatic heterocycles. The van der Waals surface area contributed by atoms with Crippen molar-refractivity contribution in [1.82, 2.24) is 4.90 Å². The molecule has 2 atom stereocenters. The predicted molar refractivity (Wildman–Crippen MR) is 72.8 cm³/mol. The molecule has 1 aromatic rings. The molecule has 1 aliphatic heterocycles. The van der Waals surface area contributed by atoms with Crippen molar-refractivity contribution in [2.75, 3.05) is 13.1 Å². The van der Waals surface area contributed by atoms with E-state index in [1.165, 1.54) is 6.42 Å². The highest BCUT2D eigenvalue weighted by atomic mass is 35.5. The molecule has 1 saturated heterocycles. The molecule has 0 aliphatic carbocycles. The monoisotopic (exact) mass is 253 g/mol. The molecule has 94 valence electrons. The number of Topliss-reactive ketones (excluding diaryl/α,β-unsaturated/α-hetero) is 1. The molecule has 0 amide bonds. The fourth-order valence-corrected chi connectivity index (χ4v) is 2.33. The number of benzene rings is 1. The summed E-state index contributed by atoms with van der Waals surface area (Å²) >= 11 is 0. The highest BCUT2D eigenvalue weighted by Crippen LogP contribution is 2.19. The highest BCUT2D eigenvalue weighted by Gasteiger charge is 2.27. The van der Waals surface area contributed by atoms with Gasteiger partial charge in [-0.3, -0.25) is 9.69 Å². The first-order valence-corrected chi connectivity index (χ1v) is 6.02. The lowest BCUT2D eigenvalue weighted by Crippen LogP contribution is -2.37. The minimum atomic E-state index is 0. The van der Waals surface area contributed by atoms with Gasteiger partial charge in [-0.2, -0.15) is 0 Å². The Balaban J connectivity index is 0.00000144. The van der Waals surface area contributed by atoms with E-state index in [1.807, 2.05) is 37.3 Å². The lowest BCUT2D eigenvalue weighted by atomic mass is 10.0. The SMILES string of the molecule is CC1CCN(C(C)C(=O)c2ccccc2)C1.Cl. The van der Waals surface area contributed by atoms with Crippen LogP contribution in [0.25, 0.3) is 0 Å². The van der Waals surface area contributed by atoms with E-state index < -0.39 is 0 Å². The third-order valence-electron chi connectivity index (χ3n) is 3.44. The zero-order valence-electron chi connectivity index (χ0n) is 10.4. The first kappa shape index (κ1) is 14.2. The van der Waals surface area contributed by atoms with Gasteiger partial charge in [0.2, 0.25) is 0 Å². The quantitative estimate of drug-likeness (QED) is 0.772. The summed E-state index contributed by atoms with van der Waals surface area (Å²) in [6.07, 6.45) is 1.21. The van der Waals surface area contributed by atoms with Crippen molar-refractivity contribution in [3.63, 3.8) is 0 Å². The number of hydrogen-bond donors (Lipinski definition) is 0. The van der Waals surface area contributed by atoms with E-state index in [0.717, 1.165) is 24.6 Å². The molecule has 1 fully saturated rings. The molecule has 1 aliphatic rings. The molecule has 3 heteroatoms. The van der Waals surface area contributed by atoms with Crippen LogP contribution in [0.15, 0.2) is 30.3 Å². The number of likely N-dealkylation sites (tertiary alicyclic amines) is 1. The van der Waals surface area contributed by atoms with Gasteiger partial charge in [-0.25, -0.2) is 0 Å². The summed E-state index contributed by atoms with van der Waals surface area (Å²) in [4.78, 5) is 14.5. The molecule has 2 unspecified atom stereocenters. The zero-order chi connectivity index (χ0) is 11.5. The molecule has 0 saturated carbocycles. The van der Waals surface area contributed by atoms with Gasteiger partial charge < -0.3 is 0 Å². The van der Waals surface area contributed by atoms with Crippen molar-refractivity contribution in [3.05, 3.63) is 35.9 Å². The predicted octanol–water partition coefficient (Wildman–Crippen LogP) is 3.02. The second kappa shape index (κ2) is 6.18. The van der Waals surface area contributed by atoms with Crippen LogP contribution >= 0.6 is 12.4 Å². The van der Waals surface area contributed by atoms with Gasteiger partial charge >= 0.3 is 0 Å². The maximum absolute atomic E-state index is 12.2. The lowest BCUT2D eigenvalue weighted by molar-refractivity contribution is 0.0863. The van der Waals surface area contributed by atoms with Gasteiger partial charge in [0.05, 0.1) is 6.04 Å². The molecule has 1 aromatic carbocycles. The summed E-state index contributed by atoms with van der Waals surface area (Å²) in [6, 6.07) is 9.61. The molecule has 0 spiro atoms. The van der Waals surface area contributed by atoms with E-state index in [-0.39, 0.29) is 24.2 Å². The first-order chi connectivity index (χ1) is 7.68. The average molecular weight is 254 g/mol. The summed E-state index contributed by atoms with van der Waals surface area (Å²) in [5, 5.41) is 0. The van der Waals surface area contributed by atoms with Gasteiger partial charge in [-0.15, -0.1) is 12.4 Å². The summed E-state index contributed by atoms with van der Waals surface area (Å²) in [5.41, 5.74) is 0.828. The molecule has 1 heterocycles. The minimum absolute atomic E-state index is 0. The number of carbonyl (C=O) groups is 1. The lowest BCUT2D eigenvalue weighted by Gasteiger charge is -2.22. The van der Waals surface area contributed by atoms with Crippen LogP contribution in [-0.4, -0.2) is 29.8 Å². The maximum Gasteiger partial charge on any atom is 0.179 e. The van der Waals surface area contributed by atoms with Crippen molar-refractivity contribution in [1.29, 1.82) is 0 Å². The van der Waals surface area contributed by atoms with Gasteiger partial charge in [-0.05, 0) is 25.8 Å². The normalized spacial score (nSPS) is 21.9. The molecule has 2 rings (SSSR count). The fraction of sp³-hybridized carbons (Fsp3) is 0.500. The third kappa shape index (κ3) is 3.30. The summed E-state index contributed by atoms with van der Waals surface area (Å²) in [6.45, 7) is 6.38. The number of rotatable bonds is 3. The standard InChI is InChI=1S/C14H19NO.ClH/c1-11-8-9-15(10-11)12(2)14(16)13-6-4-3-5-7-13;/h3-7,11-12H,8-10H2,1-2H3;1H. The summed E-state index contributed by atoms with van der Waals surface area (Å²) in [7, 11) is 0. The number of nitrogens with zero attached hydrogens (tertiary/aromatic N) is 1. The molecule has 0 bridgehead atoms. The Hall–Kier alpha value is -0.860. The van der Waals surface area contributed by atoms with Crippen LogP contribution in [0, 0.1) is 5.92 Å². The van der Waals surface area contributed by atoms with E-state index in [0.29, 0.717) is 0 Å². The van der Waals surface area contributed by atoms with Crippen LogP contribution in [0.1, 0.15) is 30.6 Å². The average Bonchev–Trinajstić information content (AvgIpc) is 2.75. The topological polar surface area (TPSA) is 20.3 Å². The van der Waals surface area contributed by atoms with E-state index in [4.69, 9.17) is 0 Å². The molecular weight excluding hydrogens is 234 g/mol. The van der Waals surface area contributed by atoms with Crippen LogP contribution in [0.3, 0.4) is 0 Å². The van der Waals surface area contributed by atoms with Crippen molar-refractivity contribution in [2.24, 2.45) is 5.92 Å². The summed E-state index contributed by atoms with van der Waals surface area (Å²) < 4.78 is 0. The molecule has 0 N–H and O–H groups in total. The largest absolute Gasteiger partial charge is 0.293 e. The molecule has 0 radical (unpaired) electrons. The van der Waals surface area contributed by atoms with Gasteiger partial charge in [-0.1, -0.05) is 37.3 Å². The maximum atomic E-state index is 12.2. The van der Waals surface area contributed by atoms with E-state index in [1.54, 1.807) is 0 Å². The first-order valence-electron chi connectivity index (χ1n) is 6.02. The van der Waals surface area contributed by atoms with Crippen molar-refractivity contribution in [2.45, 2.75) is 26.3 Å². The van der Waals surface area contributed by atoms with Crippen LogP contribution in [0.2, 0.25) is 0 Å². The van der Waals surface area contributed by atoms with Gasteiger partial charge in [0.15, 0.2) is 5.78 Å². The summed E-state index contributed by atoms with van der Waals surface area (Å²) in [5.74, 6) is 0.973. The molecule has 2 nitrogen and oxygen atoms in total. The second-order valence-corrected chi connectivity index (χ2v) is 4.80. The Morgan fingerprint density at radius 1 is 1.35 bits per heavy atom. The zero-order valence-corrected chi connectivity index (χ0v) is 11.2. The number of halogens is 1. The van der Waals surface area contributed by atoms with Crippen LogP contribution in [0.4, 0.5) is 0 Å². The highest BCUT2D eigenvalue weighted by molar-refractivity contribution is 5.99. The Kier molecular flexibility index (Phi) is 5.16. The van der Waals surface area contributed by atoms with E-state index >= 15 is 0 Å². The number of ketones is 1. The fourth-order valence-electron chi connectivity index (χ4n) is 2.33. The second-order valence-electron chi connectivity index (χ2n) is 4.80. The van der Waals surface area contributed by atoms with Crippen molar-refractivity contribution in [3.8, 4) is 0 Å². The van der Waals surface area contributed by atoms with Gasteiger partial charge in [0.1, 0.15) is 0 Å². The smallest absolute Gasteiger partial charge is 0.179 e. The Morgan fingerprint density at radius 3 is 2.53 bits per heavy atom. The molecular formula is C14H20ClNO. The van der Waals surface area contributed by atoms with Crippen LogP contribution in [-0.2, 0) is 0 Å². The Morgan fingerprint density at radius 2 is 2.00 bits per heavy atom. The van der Waals surface area contributed by atoms with Crippen LogP contribution < -0.4 is 0 Å². The van der Waals surface area contributed by atoms with Crippen LogP contribution in [0.5, 0.6) is 0 Å². The third-order valence-corrected chi connectivity index (χ3v) is 3.44. The van der Waals surface area contributed by atoms with Gasteiger partial charge in [0.25, 0.3) is 0 Å². The Labute approximate surface area is 109 Å². The van der Waals surface area contributed by atoms with Gasteiger partial charge in [0, 0.05) is 12.1 Å². The number of hydrogen-bond acceptors (Lipinski definition) is 2. The van der Waals surface area contributed by atoms with Crippen molar-refractivity contribution >= 4 is 18.2 Å². The van der Waals surface area contributed by atoms with E-state index in [2.05, 4.69) is 11.8 Å². The van der Waals surface area contributed by atoms with E-state index in [9.17, 15) is 4.79 Å². The number of carbonyl (C=O) groups excluding carboxylic acids is 1.